The molecule has 17 heavy (non-hydrogen) atoms. The molecule has 2 atom stereocenters. The van der Waals surface area contributed by atoms with Crippen molar-refractivity contribution in [2.75, 3.05) is 0 Å². The molecule has 2 unspecified atom stereocenters. The molecule has 1 fully saturated rings. The second-order valence-corrected chi connectivity index (χ2v) is 5.43. The van der Waals surface area contributed by atoms with Crippen LogP contribution in [0.5, 0.6) is 0 Å². The largest absolute Gasteiger partial charge is 0.385 e. The predicted octanol–water partition coefficient (Wildman–Crippen LogP) is 3.57. The molecular formula is C15H23NO. The van der Waals surface area contributed by atoms with E-state index in [9.17, 15) is 5.11 Å². The van der Waals surface area contributed by atoms with Gasteiger partial charge < -0.3 is 5.11 Å². The Hall–Kier alpha value is -0.890. The van der Waals surface area contributed by atoms with Gasteiger partial charge in [0.25, 0.3) is 0 Å². The molecule has 1 aliphatic carbocycles. The maximum Gasteiger partial charge on any atom is 0.0911 e. The maximum atomic E-state index is 10.8. The van der Waals surface area contributed by atoms with Crippen molar-refractivity contribution in [1.82, 2.24) is 4.98 Å². The summed E-state index contributed by atoms with van der Waals surface area (Å²) in [6, 6.07) is 4.03. The van der Waals surface area contributed by atoms with E-state index in [4.69, 9.17) is 0 Å². The number of pyridine rings is 1. The van der Waals surface area contributed by atoms with Gasteiger partial charge in [-0.25, -0.2) is 0 Å². The molecule has 2 rings (SSSR count). The van der Waals surface area contributed by atoms with Gasteiger partial charge in [-0.3, -0.25) is 4.98 Å². The molecule has 1 aliphatic rings. The van der Waals surface area contributed by atoms with E-state index in [1.165, 1.54) is 12.8 Å². The molecule has 0 aliphatic heterocycles. The zero-order valence-electron chi connectivity index (χ0n) is 10.9. The Balaban J connectivity index is 2.15. The van der Waals surface area contributed by atoms with Crippen molar-refractivity contribution >= 4 is 0 Å². The van der Waals surface area contributed by atoms with Crippen molar-refractivity contribution < 1.29 is 5.11 Å². The van der Waals surface area contributed by atoms with Gasteiger partial charge in [0.1, 0.15) is 0 Å². The standard InChI is InChI=1S/C15H23NO/c1-3-13-5-4-9-15(17,10-8-13)14-7-6-12(2)16-11-14/h6-7,11,13,17H,3-5,8-10H2,1-2H3. The van der Waals surface area contributed by atoms with Crippen LogP contribution in [0.3, 0.4) is 0 Å². The highest BCUT2D eigenvalue weighted by atomic mass is 16.3. The molecule has 0 spiro atoms. The van der Waals surface area contributed by atoms with Gasteiger partial charge in [0.05, 0.1) is 5.60 Å². The molecule has 1 aromatic heterocycles. The van der Waals surface area contributed by atoms with E-state index in [-0.39, 0.29) is 0 Å². The number of nitrogens with zero attached hydrogens (tertiary/aromatic N) is 1. The van der Waals surface area contributed by atoms with Gasteiger partial charge in [0, 0.05) is 17.5 Å². The minimum absolute atomic E-state index is 0.634. The van der Waals surface area contributed by atoms with Crippen molar-refractivity contribution in [2.45, 2.75) is 58.0 Å². The third-order valence-electron chi connectivity index (χ3n) is 4.19. The second-order valence-electron chi connectivity index (χ2n) is 5.43. The fourth-order valence-corrected chi connectivity index (χ4v) is 2.84. The van der Waals surface area contributed by atoms with Crippen molar-refractivity contribution in [1.29, 1.82) is 0 Å². The Morgan fingerprint density at radius 3 is 2.82 bits per heavy atom. The van der Waals surface area contributed by atoms with E-state index in [1.54, 1.807) is 0 Å². The smallest absolute Gasteiger partial charge is 0.0911 e. The van der Waals surface area contributed by atoms with Crippen LogP contribution in [-0.2, 0) is 5.60 Å². The highest BCUT2D eigenvalue weighted by Gasteiger charge is 2.32. The van der Waals surface area contributed by atoms with Gasteiger partial charge in [0.15, 0.2) is 0 Å². The molecule has 2 nitrogen and oxygen atoms in total. The molecule has 0 saturated heterocycles. The van der Waals surface area contributed by atoms with Crippen molar-refractivity contribution in [2.24, 2.45) is 5.92 Å². The summed E-state index contributed by atoms with van der Waals surface area (Å²) in [5, 5.41) is 10.8. The third kappa shape index (κ3) is 2.86. The van der Waals surface area contributed by atoms with E-state index in [0.717, 1.165) is 42.9 Å². The molecule has 94 valence electrons. The summed E-state index contributed by atoms with van der Waals surface area (Å²) >= 11 is 0. The SMILES string of the molecule is CCC1CCCC(O)(c2ccc(C)nc2)CC1. The van der Waals surface area contributed by atoms with Gasteiger partial charge in [-0.05, 0) is 44.6 Å². The first-order chi connectivity index (χ1) is 8.14. The molecule has 0 radical (unpaired) electrons. The lowest BCUT2D eigenvalue weighted by Crippen LogP contribution is -2.25. The van der Waals surface area contributed by atoms with Gasteiger partial charge in [-0.2, -0.15) is 0 Å². The Kier molecular flexibility index (Phi) is 3.82. The maximum absolute atomic E-state index is 10.8. The first-order valence-corrected chi connectivity index (χ1v) is 6.79. The highest BCUT2D eigenvalue weighted by molar-refractivity contribution is 5.20. The van der Waals surface area contributed by atoms with Crippen LogP contribution < -0.4 is 0 Å². The highest BCUT2D eigenvalue weighted by Crippen LogP contribution is 2.38. The predicted molar refractivity (Wildman–Crippen MR) is 69.7 cm³/mol. The van der Waals surface area contributed by atoms with E-state index in [0.29, 0.717) is 0 Å². The molecule has 1 N–H and O–H groups in total. The Morgan fingerprint density at radius 1 is 1.35 bits per heavy atom. The van der Waals surface area contributed by atoms with Crippen molar-refractivity contribution in [3.8, 4) is 0 Å². The van der Waals surface area contributed by atoms with E-state index in [1.807, 2.05) is 25.3 Å². The zero-order chi connectivity index (χ0) is 12.3. The Labute approximate surface area is 104 Å². The van der Waals surface area contributed by atoms with Crippen LogP contribution in [-0.4, -0.2) is 10.1 Å². The number of aromatic nitrogens is 1. The number of hydrogen-bond acceptors (Lipinski definition) is 2. The molecule has 0 amide bonds. The molecule has 0 bridgehead atoms. The summed E-state index contributed by atoms with van der Waals surface area (Å²) in [6.07, 6.45) is 8.39. The van der Waals surface area contributed by atoms with E-state index >= 15 is 0 Å². The number of rotatable bonds is 2. The number of hydrogen-bond donors (Lipinski definition) is 1. The summed E-state index contributed by atoms with van der Waals surface area (Å²) in [6.45, 7) is 4.23. The zero-order valence-corrected chi connectivity index (χ0v) is 10.9. The van der Waals surface area contributed by atoms with Crippen LogP contribution in [0, 0.1) is 12.8 Å². The first-order valence-electron chi connectivity index (χ1n) is 6.79. The van der Waals surface area contributed by atoms with Crippen LogP contribution in [0.25, 0.3) is 0 Å². The van der Waals surface area contributed by atoms with Gasteiger partial charge in [0.2, 0.25) is 0 Å². The lowest BCUT2D eigenvalue weighted by Gasteiger charge is -2.27. The van der Waals surface area contributed by atoms with Crippen molar-refractivity contribution in [3.63, 3.8) is 0 Å². The fourth-order valence-electron chi connectivity index (χ4n) is 2.84. The summed E-state index contributed by atoms with van der Waals surface area (Å²) in [5.41, 5.74) is 1.38. The monoisotopic (exact) mass is 233 g/mol. The molecule has 1 aromatic rings. The average Bonchev–Trinajstić information content (AvgIpc) is 2.53. The fraction of sp³-hybridized carbons (Fsp3) is 0.667. The Morgan fingerprint density at radius 2 is 2.18 bits per heavy atom. The molecule has 0 aromatic carbocycles. The van der Waals surface area contributed by atoms with Crippen LogP contribution in [0.1, 0.15) is 56.7 Å². The Bertz CT molecular complexity index is 360. The van der Waals surface area contributed by atoms with Crippen LogP contribution in [0.15, 0.2) is 18.3 Å². The topological polar surface area (TPSA) is 33.1 Å². The average molecular weight is 233 g/mol. The normalized spacial score (nSPS) is 29.9. The summed E-state index contributed by atoms with van der Waals surface area (Å²) < 4.78 is 0. The minimum Gasteiger partial charge on any atom is -0.385 e. The van der Waals surface area contributed by atoms with E-state index in [2.05, 4.69) is 11.9 Å². The summed E-state index contributed by atoms with van der Waals surface area (Å²) in [4.78, 5) is 4.31. The number of aliphatic hydroxyl groups is 1. The third-order valence-corrected chi connectivity index (χ3v) is 4.19. The molecule has 1 heterocycles. The number of aryl methyl sites for hydroxylation is 1. The molecule has 2 heteroatoms. The van der Waals surface area contributed by atoms with Gasteiger partial charge in [-0.1, -0.05) is 25.8 Å². The molecular weight excluding hydrogens is 210 g/mol. The lowest BCUT2D eigenvalue weighted by atomic mass is 9.87. The van der Waals surface area contributed by atoms with Crippen LogP contribution in [0.2, 0.25) is 0 Å². The van der Waals surface area contributed by atoms with Gasteiger partial charge >= 0.3 is 0 Å². The summed E-state index contributed by atoms with van der Waals surface area (Å²) in [5.74, 6) is 0.794. The van der Waals surface area contributed by atoms with E-state index < -0.39 is 5.60 Å². The van der Waals surface area contributed by atoms with Crippen molar-refractivity contribution in [3.05, 3.63) is 29.6 Å². The lowest BCUT2D eigenvalue weighted by molar-refractivity contribution is 0.0193. The molecule has 1 saturated carbocycles. The second kappa shape index (κ2) is 5.18. The first kappa shape index (κ1) is 12.6. The van der Waals surface area contributed by atoms with Crippen LogP contribution in [0.4, 0.5) is 0 Å². The minimum atomic E-state index is -0.634. The summed E-state index contributed by atoms with van der Waals surface area (Å²) in [7, 11) is 0. The van der Waals surface area contributed by atoms with Crippen LogP contribution >= 0.6 is 0 Å². The quantitative estimate of drug-likeness (QED) is 0.792. The van der Waals surface area contributed by atoms with Gasteiger partial charge in [-0.15, -0.1) is 0 Å².